The van der Waals surface area contributed by atoms with Crippen molar-refractivity contribution < 1.29 is 8.78 Å². The number of nitrogens with one attached hydrogen (secondary N) is 1. The molecule has 0 saturated carbocycles. The number of aromatic nitrogens is 3. The minimum Gasteiger partial charge on any atom is -0.383 e. The Hall–Kier alpha value is -3.53. The average Bonchev–Trinajstić information content (AvgIpc) is 3.09. The Kier molecular flexibility index (Phi) is 4.99. The lowest BCUT2D eigenvalue weighted by Gasteiger charge is -2.25. The molecule has 0 aliphatic carbocycles. The van der Waals surface area contributed by atoms with Gasteiger partial charge in [-0.05, 0) is 18.2 Å². The Morgan fingerprint density at radius 3 is 2.70 bits per heavy atom. The summed E-state index contributed by atoms with van der Waals surface area (Å²) in [5, 5.41) is 4.92. The highest BCUT2D eigenvalue weighted by molar-refractivity contribution is 6.12. The lowest BCUT2D eigenvalue weighted by atomic mass is 10.1. The number of hydrazine groups is 1. The Bertz CT molecular complexity index is 998. The summed E-state index contributed by atoms with van der Waals surface area (Å²) in [6.07, 6.45) is 4.89. The molecule has 0 amide bonds. The second-order valence-electron chi connectivity index (χ2n) is 5.63. The second-order valence-corrected chi connectivity index (χ2v) is 5.63. The highest BCUT2D eigenvalue weighted by Crippen LogP contribution is 2.26. The van der Waals surface area contributed by atoms with Crippen molar-refractivity contribution in [1.82, 2.24) is 20.0 Å². The monoisotopic (exact) mass is 372 g/mol. The summed E-state index contributed by atoms with van der Waals surface area (Å²) in [4.78, 5) is 8.24. The number of halogens is 2. The first-order chi connectivity index (χ1) is 13.0. The molecule has 0 fully saturated rings. The zero-order chi connectivity index (χ0) is 19.6. The number of hydrogen-bond acceptors (Lipinski definition) is 6. The van der Waals surface area contributed by atoms with Crippen molar-refractivity contribution in [3.05, 3.63) is 60.2 Å². The van der Waals surface area contributed by atoms with Crippen LogP contribution in [0.5, 0.6) is 0 Å². The van der Waals surface area contributed by atoms with Gasteiger partial charge in [-0.2, -0.15) is 5.10 Å². The van der Waals surface area contributed by atoms with Crippen LogP contribution in [0.15, 0.2) is 48.1 Å². The molecule has 3 rings (SSSR count). The van der Waals surface area contributed by atoms with Crippen molar-refractivity contribution in [3.8, 4) is 11.3 Å². The van der Waals surface area contributed by atoms with Crippen LogP contribution in [0.25, 0.3) is 11.3 Å². The zero-order valence-corrected chi connectivity index (χ0v) is 14.7. The average molecular weight is 372 g/mol. The van der Waals surface area contributed by atoms with Gasteiger partial charge in [-0.1, -0.05) is 6.07 Å². The van der Waals surface area contributed by atoms with E-state index < -0.39 is 11.6 Å². The van der Waals surface area contributed by atoms with E-state index in [-0.39, 0.29) is 17.3 Å². The lowest BCUT2D eigenvalue weighted by molar-refractivity contribution is 0.507. The van der Waals surface area contributed by atoms with Crippen molar-refractivity contribution in [2.45, 2.75) is 0 Å². The number of aryl methyl sites for hydroxylation is 1. The van der Waals surface area contributed by atoms with Crippen molar-refractivity contribution >= 4 is 17.3 Å². The van der Waals surface area contributed by atoms with Gasteiger partial charge in [-0.15, -0.1) is 0 Å². The lowest BCUT2D eigenvalue weighted by Crippen LogP contribution is -2.43. The van der Waals surface area contributed by atoms with Crippen LogP contribution in [0.3, 0.4) is 0 Å². The topological polar surface area (TPSA) is 110 Å². The number of rotatable bonds is 4. The Morgan fingerprint density at radius 1 is 1.30 bits per heavy atom. The molecule has 0 unspecified atom stereocenters. The molecule has 3 aromatic rings. The van der Waals surface area contributed by atoms with E-state index in [4.69, 9.17) is 11.6 Å². The van der Waals surface area contributed by atoms with Crippen LogP contribution in [0, 0.1) is 11.6 Å². The highest BCUT2D eigenvalue weighted by Gasteiger charge is 2.23. The van der Waals surface area contributed by atoms with E-state index in [9.17, 15) is 8.78 Å². The minimum absolute atomic E-state index is 0.0658. The van der Waals surface area contributed by atoms with Gasteiger partial charge in [0.15, 0.2) is 17.5 Å². The molecule has 0 spiro atoms. The SMILES string of the molecule is CNN(/C(=N\N)c1cc(-c2cncn2C)cnc1N)c1cccc(F)c1F. The fraction of sp³-hybridized carbons (Fsp3) is 0.118. The van der Waals surface area contributed by atoms with E-state index in [1.54, 1.807) is 29.4 Å². The normalized spacial score (nSPS) is 11.6. The third-order valence-electron chi connectivity index (χ3n) is 4.00. The van der Waals surface area contributed by atoms with Gasteiger partial charge in [0.1, 0.15) is 5.82 Å². The van der Waals surface area contributed by atoms with Crippen LogP contribution in [0.2, 0.25) is 0 Å². The van der Waals surface area contributed by atoms with Gasteiger partial charge in [0, 0.05) is 25.9 Å². The van der Waals surface area contributed by atoms with Gasteiger partial charge in [-0.25, -0.2) is 24.2 Å². The van der Waals surface area contributed by atoms with Gasteiger partial charge in [0.05, 0.1) is 29.5 Å². The number of nitrogen functional groups attached to an aromatic ring is 1. The van der Waals surface area contributed by atoms with E-state index in [2.05, 4.69) is 20.5 Å². The fourth-order valence-corrected chi connectivity index (χ4v) is 2.68. The summed E-state index contributed by atoms with van der Waals surface area (Å²) in [6, 6.07) is 5.48. The van der Waals surface area contributed by atoms with Crippen molar-refractivity contribution in [3.63, 3.8) is 0 Å². The number of hydrazone groups is 1. The maximum atomic E-state index is 14.3. The van der Waals surface area contributed by atoms with Crippen LogP contribution < -0.4 is 22.0 Å². The molecule has 0 saturated heterocycles. The van der Waals surface area contributed by atoms with Gasteiger partial charge in [0.25, 0.3) is 0 Å². The maximum absolute atomic E-state index is 14.3. The largest absolute Gasteiger partial charge is 0.383 e. The number of nitrogens with two attached hydrogens (primary N) is 2. The summed E-state index contributed by atoms with van der Waals surface area (Å²) in [6.45, 7) is 0. The molecule has 0 aliphatic heterocycles. The molecule has 0 atom stereocenters. The quantitative estimate of drug-likeness (QED) is 0.278. The molecule has 5 N–H and O–H groups in total. The third-order valence-corrected chi connectivity index (χ3v) is 4.00. The molecule has 8 nitrogen and oxygen atoms in total. The standard InChI is InChI=1S/C17H18F2N8/c1-22-27(13-5-3-4-12(18)15(13)19)17(25-21)11-6-10(7-24-16(11)20)14-8-23-9-26(14)2/h3-9,22H,21H2,1-2H3,(H2,20,24)/b25-17-. The van der Waals surface area contributed by atoms with Crippen LogP contribution in [0.4, 0.5) is 20.3 Å². The molecule has 140 valence electrons. The van der Waals surface area contributed by atoms with Gasteiger partial charge < -0.3 is 16.1 Å². The third kappa shape index (κ3) is 3.29. The molecular formula is C17H18F2N8. The molecule has 0 aliphatic rings. The number of amidine groups is 1. The first-order valence-electron chi connectivity index (χ1n) is 7.90. The van der Waals surface area contributed by atoms with Gasteiger partial charge in [-0.3, -0.25) is 5.01 Å². The Labute approximate surface area is 154 Å². The fourth-order valence-electron chi connectivity index (χ4n) is 2.68. The minimum atomic E-state index is -1.05. The first-order valence-corrected chi connectivity index (χ1v) is 7.90. The van der Waals surface area contributed by atoms with Gasteiger partial charge >= 0.3 is 0 Å². The summed E-state index contributed by atoms with van der Waals surface area (Å²) in [7, 11) is 3.35. The van der Waals surface area contributed by atoms with Crippen LogP contribution in [0.1, 0.15) is 5.56 Å². The van der Waals surface area contributed by atoms with E-state index in [0.29, 0.717) is 11.1 Å². The second kappa shape index (κ2) is 7.38. The summed E-state index contributed by atoms with van der Waals surface area (Å²) in [5.41, 5.74) is 10.5. The van der Waals surface area contributed by atoms with Crippen molar-refractivity contribution in [1.29, 1.82) is 0 Å². The molecule has 1 aromatic carbocycles. The smallest absolute Gasteiger partial charge is 0.183 e. The molecule has 2 heterocycles. The number of pyridine rings is 1. The van der Waals surface area contributed by atoms with Crippen LogP contribution >= 0.6 is 0 Å². The molecular weight excluding hydrogens is 354 g/mol. The number of hydrogen-bond donors (Lipinski definition) is 3. The van der Waals surface area contributed by atoms with Gasteiger partial charge in [0.2, 0.25) is 0 Å². The van der Waals surface area contributed by atoms with E-state index in [1.165, 1.54) is 24.2 Å². The Balaban J connectivity index is 2.12. The van der Waals surface area contributed by atoms with Crippen molar-refractivity contribution in [2.75, 3.05) is 17.8 Å². The van der Waals surface area contributed by atoms with E-state index >= 15 is 0 Å². The van der Waals surface area contributed by atoms with E-state index in [0.717, 1.165) is 11.8 Å². The number of imidazole rings is 1. The highest BCUT2D eigenvalue weighted by atomic mass is 19.2. The maximum Gasteiger partial charge on any atom is 0.183 e. The Morgan fingerprint density at radius 2 is 2.07 bits per heavy atom. The number of benzene rings is 1. The molecule has 10 heteroatoms. The zero-order valence-electron chi connectivity index (χ0n) is 14.7. The number of nitrogens with zero attached hydrogens (tertiary/aromatic N) is 5. The predicted octanol–water partition coefficient (Wildman–Crippen LogP) is 1.60. The summed E-state index contributed by atoms with van der Waals surface area (Å²) in [5.74, 6) is 3.70. The first kappa shape index (κ1) is 18.3. The summed E-state index contributed by atoms with van der Waals surface area (Å²) < 4.78 is 29.8. The molecule has 0 bridgehead atoms. The summed E-state index contributed by atoms with van der Waals surface area (Å²) >= 11 is 0. The molecule has 27 heavy (non-hydrogen) atoms. The van der Waals surface area contributed by atoms with Crippen molar-refractivity contribution in [2.24, 2.45) is 18.0 Å². The molecule has 2 aromatic heterocycles. The van der Waals surface area contributed by atoms with Crippen LogP contribution in [-0.2, 0) is 7.05 Å². The van der Waals surface area contributed by atoms with Crippen LogP contribution in [-0.4, -0.2) is 27.4 Å². The predicted molar refractivity (Wildman–Crippen MR) is 99.5 cm³/mol. The molecule has 0 radical (unpaired) electrons. The number of anilines is 2. The van der Waals surface area contributed by atoms with E-state index in [1.807, 2.05) is 7.05 Å².